The van der Waals surface area contributed by atoms with Crippen LogP contribution in [0.3, 0.4) is 0 Å². The number of piperidine rings is 1. The average molecular weight is 589 g/mol. The zero-order valence-electron chi connectivity index (χ0n) is 22.9. The Morgan fingerprint density at radius 1 is 1.23 bits per heavy atom. The molecule has 1 aliphatic heterocycles. The first kappa shape index (κ1) is 29.5. The van der Waals surface area contributed by atoms with Crippen LogP contribution in [-0.2, 0) is 30.7 Å². The minimum atomic E-state index is -2.78. The molecule has 2 fully saturated rings. The number of nitrogens with zero attached hydrogens (tertiary/aromatic N) is 1. The van der Waals surface area contributed by atoms with Crippen molar-refractivity contribution in [1.29, 1.82) is 10.2 Å². The van der Waals surface area contributed by atoms with E-state index in [1.165, 1.54) is 17.6 Å². The summed E-state index contributed by atoms with van der Waals surface area (Å²) in [6, 6.07) is 7.62. The number of nitrogens with two attached hydrogens (primary N) is 1. The number of ether oxygens (including phenoxy) is 1. The Morgan fingerprint density at radius 3 is 2.55 bits per heavy atom. The van der Waals surface area contributed by atoms with Crippen LogP contribution in [0.2, 0.25) is 0 Å². The molecular formula is C27H36N6O5S2. The standard InChI is InChI=1S/C27H36N6O5S2/c1-26-12-21(25(36)32-13-19-11-17(15-39-19)24(28)29)33(27(26,2)16-26)23(35)14-31-22(34)5-4-10-38-18-6-8-20(9-7-18)40(3,30)37/h6-9,11,15,21,30H,4-5,10,12-14,16H2,1-3H3,(H3,28,29)(H,31,34)(H,32,36)/t21-,26+,27?,40?/m0/s1. The summed E-state index contributed by atoms with van der Waals surface area (Å²) in [4.78, 5) is 41.7. The highest BCUT2D eigenvalue weighted by molar-refractivity contribution is 7.91. The smallest absolute Gasteiger partial charge is 0.243 e. The summed E-state index contributed by atoms with van der Waals surface area (Å²) in [5, 5.41) is 14.9. The van der Waals surface area contributed by atoms with Crippen molar-refractivity contribution in [2.24, 2.45) is 11.1 Å². The normalized spacial score (nSPS) is 24.5. The molecular weight excluding hydrogens is 552 g/mol. The average Bonchev–Trinajstić information content (AvgIpc) is 3.18. The van der Waals surface area contributed by atoms with Gasteiger partial charge in [-0.2, -0.15) is 0 Å². The molecule has 2 unspecified atom stereocenters. The number of nitrogen functional groups attached to an aromatic ring is 1. The van der Waals surface area contributed by atoms with Crippen LogP contribution in [0.5, 0.6) is 5.75 Å². The number of nitrogens with one attached hydrogen (secondary N) is 4. The molecule has 1 saturated heterocycles. The topological polar surface area (TPSA) is 179 Å². The maximum atomic E-state index is 13.3. The summed E-state index contributed by atoms with van der Waals surface area (Å²) in [5.41, 5.74) is 5.57. The molecule has 4 atom stereocenters. The maximum Gasteiger partial charge on any atom is 0.243 e. The van der Waals surface area contributed by atoms with Crippen LogP contribution >= 0.6 is 11.3 Å². The molecule has 6 N–H and O–H groups in total. The van der Waals surface area contributed by atoms with Crippen molar-refractivity contribution < 1.29 is 23.3 Å². The first-order valence-electron chi connectivity index (χ1n) is 13.0. The summed E-state index contributed by atoms with van der Waals surface area (Å²) < 4.78 is 25.0. The molecule has 1 aromatic carbocycles. The van der Waals surface area contributed by atoms with Gasteiger partial charge in [0.25, 0.3) is 0 Å². The number of likely N-dealkylation sites (tertiary alicyclic amines) is 1. The van der Waals surface area contributed by atoms with Crippen LogP contribution in [0.15, 0.2) is 40.6 Å². The highest BCUT2D eigenvalue weighted by Gasteiger charge is 2.72. The van der Waals surface area contributed by atoms with Gasteiger partial charge in [0, 0.05) is 38.9 Å². The predicted octanol–water partition coefficient (Wildman–Crippen LogP) is 2.43. The van der Waals surface area contributed by atoms with Crippen LogP contribution in [-0.4, -0.2) is 63.7 Å². The van der Waals surface area contributed by atoms with Crippen molar-refractivity contribution in [1.82, 2.24) is 15.5 Å². The van der Waals surface area contributed by atoms with Crippen LogP contribution in [0, 0.1) is 15.6 Å². The van der Waals surface area contributed by atoms with E-state index in [-0.39, 0.29) is 55.1 Å². The molecule has 1 saturated carbocycles. The summed E-state index contributed by atoms with van der Waals surface area (Å²) in [6.07, 6.45) is 3.33. The lowest BCUT2D eigenvalue weighted by atomic mass is 10.00. The Hall–Kier alpha value is -3.45. The van der Waals surface area contributed by atoms with Gasteiger partial charge in [-0.15, -0.1) is 11.3 Å². The molecule has 2 aromatic rings. The highest BCUT2D eigenvalue weighted by atomic mass is 32.2. The number of hydrogen-bond acceptors (Lipinski definition) is 8. The lowest BCUT2D eigenvalue weighted by Gasteiger charge is -2.31. The number of amides is 3. The van der Waals surface area contributed by atoms with E-state index >= 15 is 0 Å². The molecule has 0 radical (unpaired) electrons. The monoisotopic (exact) mass is 588 g/mol. The molecule has 1 aromatic heterocycles. The van der Waals surface area contributed by atoms with E-state index < -0.39 is 21.3 Å². The van der Waals surface area contributed by atoms with E-state index in [4.69, 9.17) is 20.7 Å². The van der Waals surface area contributed by atoms with Crippen molar-refractivity contribution in [3.63, 3.8) is 0 Å². The number of carbonyl (C=O) groups excluding carboxylic acids is 3. The van der Waals surface area contributed by atoms with Gasteiger partial charge in [0.1, 0.15) is 17.6 Å². The highest BCUT2D eigenvalue weighted by Crippen LogP contribution is 2.67. The second kappa shape index (κ2) is 11.2. The largest absolute Gasteiger partial charge is 0.494 e. The predicted molar refractivity (Wildman–Crippen MR) is 153 cm³/mol. The molecule has 2 aliphatic rings. The van der Waals surface area contributed by atoms with Gasteiger partial charge in [-0.25, -0.2) is 8.99 Å². The molecule has 11 nitrogen and oxygen atoms in total. The first-order chi connectivity index (χ1) is 18.7. The van der Waals surface area contributed by atoms with Crippen molar-refractivity contribution >= 4 is 44.6 Å². The van der Waals surface area contributed by atoms with Crippen molar-refractivity contribution in [3.05, 3.63) is 46.2 Å². The Labute approximate surface area is 238 Å². The number of carbonyl (C=O) groups is 3. The molecule has 40 heavy (non-hydrogen) atoms. The SMILES string of the molecule is CC12C[C@@]1(C)C[C@@H](C(=O)NCc1cc(C(=N)N)cs1)N2C(=O)CNC(=O)CCCOc1ccc(S(C)(=N)=O)cc1. The molecule has 4 rings (SSSR count). The van der Waals surface area contributed by atoms with Gasteiger partial charge in [-0.1, -0.05) is 6.92 Å². The quantitative estimate of drug-likeness (QED) is 0.144. The van der Waals surface area contributed by atoms with Crippen molar-refractivity contribution in [2.45, 2.75) is 62.6 Å². The second-order valence-electron chi connectivity index (χ2n) is 11.0. The van der Waals surface area contributed by atoms with E-state index in [1.54, 1.807) is 40.6 Å². The third-order valence-corrected chi connectivity index (χ3v) is 10.0. The summed E-state index contributed by atoms with van der Waals surface area (Å²) in [7, 11) is -2.78. The molecule has 13 heteroatoms. The van der Waals surface area contributed by atoms with E-state index in [0.717, 1.165) is 11.3 Å². The Bertz CT molecular complexity index is 1420. The zero-order chi connectivity index (χ0) is 29.3. The van der Waals surface area contributed by atoms with E-state index in [0.29, 0.717) is 29.1 Å². The fraction of sp³-hybridized carbons (Fsp3) is 0.481. The third kappa shape index (κ3) is 6.30. The van der Waals surface area contributed by atoms with Gasteiger partial charge in [0.05, 0.1) is 29.4 Å². The fourth-order valence-electron chi connectivity index (χ4n) is 5.38. The summed E-state index contributed by atoms with van der Waals surface area (Å²) in [6.45, 7) is 4.46. The molecule has 216 valence electrons. The molecule has 2 heterocycles. The van der Waals surface area contributed by atoms with Crippen molar-refractivity contribution in [3.8, 4) is 5.75 Å². The van der Waals surface area contributed by atoms with Crippen molar-refractivity contribution in [2.75, 3.05) is 19.4 Å². The maximum absolute atomic E-state index is 13.3. The number of amidine groups is 1. The van der Waals surface area contributed by atoms with Crippen LogP contribution in [0.4, 0.5) is 0 Å². The minimum absolute atomic E-state index is 0.0257. The van der Waals surface area contributed by atoms with Crippen LogP contribution < -0.4 is 21.1 Å². The Kier molecular flexibility index (Phi) is 8.27. The summed E-state index contributed by atoms with van der Waals surface area (Å²) >= 11 is 1.41. The number of benzene rings is 1. The third-order valence-electron chi connectivity index (χ3n) is 7.90. The Morgan fingerprint density at radius 2 is 1.93 bits per heavy atom. The minimum Gasteiger partial charge on any atom is -0.494 e. The zero-order valence-corrected chi connectivity index (χ0v) is 24.5. The number of rotatable bonds is 12. The first-order valence-corrected chi connectivity index (χ1v) is 15.8. The summed E-state index contributed by atoms with van der Waals surface area (Å²) in [5.74, 6) is -0.274. The van der Waals surface area contributed by atoms with Gasteiger partial charge in [-0.05, 0) is 61.9 Å². The number of hydrogen-bond donors (Lipinski definition) is 5. The van der Waals surface area contributed by atoms with E-state index in [2.05, 4.69) is 17.6 Å². The van der Waals surface area contributed by atoms with Gasteiger partial charge < -0.3 is 26.0 Å². The molecule has 3 amide bonds. The van der Waals surface area contributed by atoms with E-state index in [1.807, 2.05) is 6.92 Å². The van der Waals surface area contributed by atoms with Gasteiger partial charge in [-0.3, -0.25) is 19.8 Å². The molecule has 0 bridgehead atoms. The number of fused-ring (bicyclic) bond motifs is 1. The number of thiophene rings is 1. The van der Waals surface area contributed by atoms with Crippen LogP contribution in [0.25, 0.3) is 0 Å². The van der Waals surface area contributed by atoms with Gasteiger partial charge in [0.2, 0.25) is 17.7 Å². The van der Waals surface area contributed by atoms with Gasteiger partial charge in [0.15, 0.2) is 0 Å². The lowest BCUT2D eigenvalue weighted by molar-refractivity contribution is -0.142. The Balaban J connectivity index is 1.24. The fourth-order valence-corrected chi connectivity index (χ4v) is 6.86. The van der Waals surface area contributed by atoms with Crippen LogP contribution in [0.1, 0.15) is 50.0 Å². The van der Waals surface area contributed by atoms with E-state index in [9.17, 15) is 18.6 Å². The molecule has 0 spiro atoms. The second-order valence-corrected chi connectivity index (χ2v) is 14.1. The van der Waals surface area contributed by atoms with Gasteiger partial charge >= 0.3 is 0 Å². The molecule has 1 aliphatic carbocycles. The lowest BCUT2D eigenvalue weighted by Crippen LogP contribution is -2.53.